The molecular weight excluding hydrogens is 348 g/mol. The highest BCUT2D eigenvalue weighted by Gasteiger charge is 2.28. The maximum Gasteiger partial charge on any atom is 0.312 e. The zero-order valence-electron chi connectivity index (χ0n) is 15.8. The van der Waals surface area contributed by atoms with Crippen LogP contribution in [-0.2, 0) is 11.5 Å². The first-order valence-corrected chi connectivity index (χ1v) is 9.00. The number of hydrogen-bond acceptors (Lipinski definition) is 6. The second-order valence-electron chi connectivity index (χ2n) is 6.99. The van der Waals surface area contributed by atoms with Gasteiger partial charge in [-0.3, -0.25) is 19.8 Å². The summed E-state index contributed by atoms with van der Waals surface area (Å²) in [5.41, 5.74) is 1.86. The molecule has 1 aliphatic heterocycles. The molecule has 0 aromatic carbocycles. The van der Waals surface area contributed by atoms with Crippen molar-refractivity contribution in [1.82, 2.24) is 19.7 Å². The summed E-state index contributed by atoms with van der Waals surface area (Å²) < 4.78 is 1.65. The van der Waals surface area contributed by atoms with Crippen LogP contribution >= 0.6 is 0 Å². The molecule has 1 atom stereocenters. The number of aromatic nitrogens is 3. The fourth-order valence-electron chi connectivity index (χ4n) is 3.52. The zero-order valence-corrected chi connectivity index (χ0v) is 15.8. The molecule has 9 heteroatoms. The van der Waals surface area contributed by atoms with Crippen molar-refractivity contribution in [3.63, 3.8) is 0 Å². The van der Waals surface area contributed by atoms with Gasteiger partial charge in [0.1, 0.15) is 17.2 Å². The number of carbonyl (C=O) groups excluding carboxylic acids is 1. The SMILES string of the molecule is Cc1cccc(NC(=O)[C@H]2CCCN(Cn3nc(C)c([N+](=O)[O-])c3C)C2)n1. The van der Waals surface area contributed by atoms with Gasteiger partial charge in [-0.2, -0.15) is 5.10 Å². The number of nitro groups is 1. The lowest BCUT2D eigenvalue weighted by molar-refractivity contribution is -0.386. The fraction of sp³-hybridized carbons (Fsp3) is 0.500. The van der Waals surface area contributed by atoms with Crippen molar-refractivity contribution in [3.05, 3.63) is 45.4 Å². The lowest BCUT2D eigenvalue weighted by Crippen LogP contribution is -2.41. The average Bonchev–Trinajstić information content (AvgIpc) is 2.88. The predicted molar refractivity (Wildman–Crippen MR) is 100 cm³/mol. The van der Waals surface area contributed by atoms with Crippen LogP contribution < -0.4 is 5.32 Å². The van der Waals surface area contributed by atoms with E-state index in [4.69, 9.17) is 0 Å². The number of nitrogens with zero attached hydrogens (tertiary/aromatic N) is 5. The van der Waals surface area contributed by atoms with Crippen LogP contribution in [0, 0.1) is 36.8 Å². The van der Waals surface area contributed by atoms with Gasteiger partial charge < -0.3 is 5.32 Å². The first-order valence-electron chi connectivity index (χ1n) is 9.00. The number of nitrogens with one attached hydrogen (secondary N) is 1. The molecule has 1 saturated heterocycles. The van der Waals surface area contributed by atoms with E-state index in [9.17, 15) is 14.9 Å². The second kappa shape index (κ2) is 7.83. The Labute approximate surface area is 157 Å². The summed E-state index contributed by atoms with van der Waals surface area (Å²) in [6, 6.07) is 5.52. The van der Waals surface area contributed by atoms with E-state index in [0.29, 0.717) is 30.4 Å². The Hall–Kier alpha value is -2.81. The molecule has 3 heterocycles. The molecule has 1 fully saturated rings. The van der Waals surface area contributed by atoms with Crippen molar-refractivity contribution < 1.29 is 9.72 Å². The molecule has 27 heavy (non-hydrogen) atoms. The highest BCUT2D eigenvalue weighted by Crippen LogP contribution is 2.24. The Kier molecular flexibility index (Phi) is 5.50. The van der Waals surface area contributed by atoms with Gasteiger partial charge in [0.25, 0.3) is 0 Å². The molecule has 0 bridgehead atoms. The first-order chi connectivity index (χ1) is 12.8. The van der Waals surface area contributed by atoms with E-state index in [1.807, 2.05) is 19.1 Å². The van der Waals surface area contributed by atoms with Crippen molar-refractivity contribution in [2.24, 2.45) is 5.92 Å². The Balaban J connectivity index is 1.65. The fourth-order valence-corrected chi connectivity index (χ4v) is 3.52. The van der Waals surface area contributed by atoms with Gasteiger partial charge in [-0.15, -0.1) is 0 Å². The van der Waals surface area contributed by atoms with Gasteiger partial charge in [0.2, 0.25) is 5.91 Å². The molecule has 1 N–H and O–H groups in total. The van der Waals surface area contributed by atoms with E-state index >= 15 is 0 Å². The van der Waals surface area contributed by atoms with Gasteiger partial charge in [-0.1, -0.05) is 6.07 Å². The number of hydrogen-bond donors (Lipinski definition) is 1. The first kappa shape index (κ1) is 19.0. The van der Waals surface area contributed by atoms with Crippen LogP contribution in [-0.4, -0.2) is 43.6 Å². The van der Waals surface area contributed by atoms with E-state index in [1.165, 1.54) is 0 Å². The second-order valence-corrected chi connectivity index (χ2v) is 6.99. The highest BCUT2D eigenvalue weighted by atomic mass is 16.6. The van der Waals surface area contributed by atoms with E-state index in [1.54, 1.807) is 24.6 Å². The molecule has 1 amide bonds. The molecule has 0 saturated carbocycles. The third-order valence-corrected chi connectivity index (χ3v) is 4.88. The minimum Gasteiger partial charge on any atom is -0.310 e. The molecule has 2 aromatic heterocycles. The number of carbonyl (C=O) groups is 1. The molecule has 9 nitrogen and oxygen atoms in total. The van der Waals surface area contributed by atoms with Crippen LogP contribution in [0.4, 0.5) is 11.5 Å². The lowest BCUT2D eigenvalue weighted by Gasteiger charge is -2.31. The summed E-state index contributed by atoms with van der Waals surface area (Å²) in [5.74, 6) is 0.372. The summed E-state index contributed by atoms with van der Waals surface area (Å²) in [6.45, 7) is 7.08. The highest BCUT2D eigenvalue weighted by molar-refractivity contribution is 5.91. The number of anilines is 1. The minimum atomic E-state index is -0.393. The quantitative estimate of drug-likeness (QED) is 0.638. The standard InChI is InChI=1S/C18H24N6O3/c1-12-6-4-8-16(19-12)20-18(25)15-7-5-9-22(10-15)11-23-14(3)17(24(26)27)13(2)21-23/h4,6,8,15H,5,7,9-11H2,1-3H3,(H,19,20,25)/t15-/m0/s1. The zero-order chi connectivity index (χ0) is 19.6. The molecule has 0 aliphatic carbocycles. The maximum absolute atomic E-state index is 12.6. The van der Waals surface area contributed by atoms with Crippen molar-refractivity contribution >= 4 is 17.4 Å². The van der Waals surface area contributed by atoms with Crippen molar-refractivity contribution in [1.29, 1.82) is 0 Å². The topological polar surface area (TPSA) is 106 Å². The molecule has 3 rings (SSSR count). The van der Waals surface area contributed by atoms with Gasteiger partial charge >= 0.3 is 5.69 Å². The number of likely N-dealkylation sites (tertiary alicyclic amines) is 1. The summed E-state index contributed by atoms with van der Waals surface area (Å²) in [6.07, 6.45) is 1.70. The van der Waals surface area contributed by atoms with Crippen LogP contribution in [0.15, 0.2) is 18.2 Å². The Bertz CT molecular complexity index is 863. The van der Waals surface area contributed by atoms with Gasteiger partial charge in [0.15, 0.2) is 0 Å². The third-order valence-electron chi connectivity index (χ3n) is 4.88. The van der Waals surface area contributed by atoms with E-state index in [0.717, 1.165) is 25.1 Å². The van der Waals surface area contributed by atoms with Gasteiger partial charge in [0, 0.05) is 12.2 Å². The monoisotopic (exact) mass is 372 g/mol. The van der Waals surface area contributed by atoms with Crippen LogP contribution in [0.2, 0.25) is 0 Å². The van der Waals surface area contributed by atoms with E-state index in [2.05, 4.69) is 20.3 Å². The smallest absolute Gasteiger partial charge is 0.310 e. The van der Waals surface area contributed by atoms with Crippen LogP contribution in [0.3, 0.4) is 0 Å². The minimum absolute atomic E-state index is 0.0443. The number of pyridine rings is 1. The number of piperidine rings is 1. The summed E-state index contributed by atoms with van der Waals surface area (Å²) in [7, 11) is 0. The van der Waals surface area contributed by atoms with Crippen LogP contribution in [0.1, 0.15) is 29.9 Å². The molecule has 144 valence electrons. The largest absolute Gasteiger partial charge is 0.312 e. The van der Waals surface area contributed by atoms with Crippen LogP contribution in [0.5, 0.6) is 0 Å². The van der Waals surface area contributed by atoms with Crippen LogP contribution in [0.25, 0.3) is 0 Å². The molecule has 0 radical (unpaired) electrons. The Morgan fingerprint density at radius 3 is 2.81 bits per heavy atom. The van der Waals surface area contributed by atoms with E-state index < -0.39 is 4.92 Å². The molecule has 0 spiro atoms. The van der Waals surface area contributed by atoms with E-state index in [-0.39, 0.29) is 17.5 Å². The average molecular weight is 372 g/mol. The Morgan fingerprint density at radius 1 is 1.37 bits per heavy atom. The number of aryl methyl sites for hydroxylation is 2. The lowest BCUT2D eigenvalue weighted by atomic mass is 9.97. The van der Waals surface area contributed by atoms with Gasteiger partial charge in [-0.05, 0) is 52.3 Å². The molecular formula is C18H24N6O3. The Morgan fingerprint density at radius 2 is 2.15 bits per heavy atom. The van der Waals surface area contributed by atoms with Gasteiger partial charge in [0.05, 0.1) is 17.5 Å². The summed E-state index contributed by atoms with van der Waals surface area (Å²) in [4.78, 5) is 29.8. The third kappa shape index (κ3) is 4.30. The van der Waals surface area contributed by atoms with Gasteiger partial charge in [-0.25, -0.2) is 9.67 Å². The molecule has 0 unspecified atom stereocenters. The summed E-state index contributed by atoms with van der Waals surface area (Å²) in [5, 5.41) is 18.4. The van der Waals surface area contributed by atoms with Crippen molar-refractivity contribution in [3.8, 4) is 0 Å². The normalized spacial score (nSPS) is 17.7. The summed E-state index contributed by atoms with van der Waals surface area (Å²) >= 11 is 0. The predicted octanol–water partition coefficient (Wildman–Crippen LogP) is 2.42. The maximum atomic E-state index is 12.6. The van der Waals surface area contributed by atoms with Crippen molar-refractivity contribution in [2.75, 3.05) is 18.4 Å². The number of amides is 1. The van der Waals surface area contributed by atoms with Crippen molar-refractivity contribution in [2.45, 2.75) is 40.3 Å². The molecule has 2 aromatic rings. The molecule has 1 aliphatic rings. The number of rotatable bonds is 5.